The molecule has 0 fully saturated rings. The highest BCUT2D eigenvalue weighted by atomic mass is 16.5. The molecule has 0 atom stereocenters. The predicted octanol–water partition coefficient (Wildman–Crippen LogP) is 2.52. The summed E-state index contributed by atoms with van der Waals surface area (Å²) < 4.78 is 5.66. The molecule has 6 nitrogen and oxygen atoms in total. The van der Waals surface area contributed by atoms with Crippen molar-refractivity contribution >= 4 is 16.7 Å². The van der Waals surface area contributed by atoms with E-state index >= 15 is 0 Å². The lowest BCUT2D eigenvalue weighted by molar-refractivity contribution is 0.318. The maximum Gasteiger partial charge on any atom is 0.219 e. The van der Waals surface area contributed by atoms with Crippen LogP contribution in [0.5, 0.6) is 11.6 Å². The van der Waals surface area contributed by atoms with E-state index in [-0.39, 0.29) is 5.84 Å². The number of nitrogens with two attached hydrogens (primary N) is 1. The Bertz CT molecular complexity index is 800. The molecule has 21 heavy (non-hydrogen) atoms. The van der Waals surface area contributed by atoms with Gasteiger partial charge < -0.3 is 15.7 Å². The third-order valence-corrected chi connectivity index (χ3v) is 2.94. The zero-order valence-corrected chi connectivity index (χ0v) is 11.0. The minimum Gasteiger partial charge on any atom is -0.439 e. The Morgan fingerprint density at radius 3 is 2.81 bits per heavy atom. The van der Waals surface area contributed by atoms with Crippen molar-refractivity contribution in [3.63, 3.8) is 0 Å². The smallest absolute Gasteiger partial charge is 0.219 e. The standard InChI is InChI=1S/C15H12N4O2/c16-15(19-20)11-4-6-14(18-9-11)21-12-5-3-10-2-1-7-17-13(10)8-12/h1-9,20H,(H2,16,19). The van der Waals surface area contributed by atoms with E-state index in [1.165, 1.54) is 6.20 Å². The fraction of sp³-hybridized carbons (Fsp3) is 0. The second-order valence-corrected chi connectivity index (χ2v) is 4.33. The zero-order valence-electron chi connectivity index (χ0n) is 11.0. The van der Waals surface area contributed by atoms with Crippen molar-refractivity contribution < 1.29 is 9.94 Å². The molecule has 0 bridgehead atoms. The minimum atomic E-state index is 0.00366. The Morgan fingerprint density at radius 2 is 2.05 bits per heavy atom. The average Bonchev–Trinajstić information content (AvgIpc) is 2.55. The SMILES string of the molecule is N/C(=N/O)c1ccc(Oc2ccc3cccnc3c2)nc1. The molecular weight excluding hydrogens is 268 g/mol. The van der Waals surface area contributed by atoms with Gasteiger partial charge in [0.05, 0.1) is 5.52 Å². The summed E-state index contributed by atoms with van der Waals surface area (Å²) in [7, 11) is 0. The third-order valence-electron chi connectivity index (χ3n) is 2.94. The lowest BCUT2D eigenvalue weighted by Crippen LogP contribution is -2.13. The molecule has 0 saturated carbocycles. The molecule has 104 valence electrons. The molecule has 0 radical (unpaired) electrons. The van der Waals surface area contributed by atoms with Crippen LogP contribution < -0.4 is 10.5 Å². The third kappa shape index (κ3) is 2.74. The largest absolute Gasteiger partial charge is 0.439 e. The molecule has 2 heterocycles. The van der Waals surface area contributed by atoms with Crippen molar-refractivity contribution in [2.24, 2.45) is 10.9 Å². The topological polar surface area (TPSA) is 93.6 Å². The molecule has 1 aromatic carbocycles. The number of pyridine rings is 2. The summed E-state index contributed by atoms with van der Waals surface area (Å²) in [5, 5.41) is 12.5. The van der Waals surface area contributed by atoms with E-state index in [9.17, 15) is 0 Å². The van der Waals surface area contributed by atoms with Gasteiger partial charge >= 0.3 is 0 Å². The van der Waals surface area contributed by atoms with Crippen molar-refractivity contribution in [1.29, 1.82) is 0 Å². The number of oxime groups is 1. The van der Waals surface area contributed by atoms with Gasteiger partial charge in [-0.1, -0.05) is 11.2 Å². The van der Waals surface area contributed by atoms with Gasteiger partial charge in [0.2, 0.25) is 5.88 Å². The first-order chi connectivity index (χ1) is 10.3. The second-order valence-electron chi connectivity index (χ2n) is 4.33. The van der Waals surface area contributed by atoms with Crippen LogP contribution in [0.4, 0.5) is 0 Å². The van der Waals surface area contributed by atoms with Gasteiger partial charge in [-0.05, 0) is 24.3 Å². The molecule has 3 N–H and O–H groups in total. The van der Waals surface area contributed by atoms with Gasteiger partial charge in [0, 0.05) is 35.5 Å². The number of rotatable bonds is 3. The molecule has 0 aliphatic heterocycles. The molecule has 0 aliphatic rings. The Kier molecular flexibility index (Phi) is 3.34. The van der Waals surface area contributed by atoms with Crippen LogP contribution >= 0.6 is 0 Å². The van der Waals surface area contributed by atoms with Gasteiger partial charge in [-0.2, -0.15) is 0 Å². The highest BCUT2D eigenvalue weighted by Crippen LogP contribution is 2.23. The predicted molar refractivity (Wildman–Crippen MR) is 78.6 cm³/mol. The Morgan fingerprint density at radius 1 is 1.14 bits per heavy atom. The van der Waals surface area contributed by atoms with Crippen LogP contribution in [0, 0.1) is 0 Å². The van der Waals surface area contributed by atoms with Crippen molar-refractivity contribution in [3.05, 3.63) is 60.4 Å². The first kappa shape index (κ1) is 12.9. The molecule has 2 aromatic heterocycles. The molecular formula is C15H12N4O2. The van der Waals surface area contributed by atoms with Crippen LogP contribution in [0.25, 0.3) is 10.9 Å². The van der Waals surface area contributed by atoms with E-state index in [0.29, 0.717) is 17.2 Å². The van der Waals surface area contributed by atoms with E-state index < -0.39 is 0 Å². The molecule has 0 aliphatic carbocycles. The first-order valence-electron chi connectivity index (χ1n) is 6.23. The van der Waals surface area contributed by atoms with E-state index in [2.05, 4.69) is 15.1 Å². The lowest BCUT2D eigenvalue weighted by Gasteiger charge is -2.06. The van der Waals surface area contributed by atoms with Gasteiger partial charge in [-0.25, -0.2) is 4.98 Å². The zero-order chi connectivity index (χ0) is 14.7. The minimum absolute atomic E-state index is 0.00366. The summed E-state index contributed by atoms with van der Waals surface area (Å²) in [5.74, 6) is 1.06. The molecule has 3 aromatic rings. The van der Waals surface area contributed by atoms with Gasteiger partial charge in [-0.3, -0.25) is 4.98 Å². The number of hydrogen-bond donors (Lipinski definition) is 2. The van der Waals surface area contributed by atoms with Crippen LogP contribution in [0.15, 0.2) is 60.0 Å². The summed E-state index contributed by atoms with van der Waals surface area (Å²) in [4.78, 5) is 8.38. The van der Waals surface area contributed by atoms with Crippen LogP contribution in [0.1, 0.15) is 5.56 Å². The van der Waals surface area contributed by atoms with Crippen LogP contribution in [0.3, 0.4) is 0 Å². The van der Waals surface area contributed by atoms with Gasteiger partial charge in [0.15, 0.2) is 5.84 Å². The maximum absolute atomic E-state index is 8.59. The van der Waals surface area contributed by atoms with Crippen LogP contribution in [-0.4, -0.2) is 21.0 Å². The lowest BCUT2D eigenvalue weighted by atomic mass is 10.2. The summed E-state index contributed by atoms with van der Waals surface area (Å²) >= 11 is 0. The number of hydrogen-bond acceptors (Lipinski definition) is 5. The van der Waals surface area contributed by atoms with E-state index in [4.69, 9.17) is 15.7 Å². The molecule has 6 heteroatoms. The fourth-order valence-electron chi connectivity index (χ4n) is 1.88. The van der Waals surface area contributed by atoms with Crippen molar-refractivity contribution in [3.8, 4) is 11.6 Å². The highest BCUT2D eigenvalue weighted by molar-refractivity contribution is 5.96. The maximum atomic E-state index is 8.59. The number of nitrogens with zero attached hydrogens (tertiary/aromatic N) is 3. The highest BCUT2D eigenvalue weighted by Gasteiger charge is 2.03. The first-order valence-corrected chi connectivity index (χ1v) is 6.23. The normalized spacial score (nSPS) is 11.5. The summed E-state index contributed by atoms with van der Waals surface area (Å²) in [6, 6.07) is 12.8. The number of benzene rings is 1. The summed E-state index contributed by atoms with van der Waals surface area (Å²) in [5.41, 5.74) is 6.84. The fourth-order valence-corrected chi connectivity index (χ4v) is 1.88. The molecule has 0 unspecified atom stereocenters. The monoisotopic (exact) mass is 280 g/mol. The van der Waals surface area contributed by atoms with Gasteiger partial charge in [0.1, 0.15) is 5.75 Å². The van der Waals surface area contributed by atoms with Crippen molar-refractivity contribution in [2.75, 3.05) is 0 Å². The van der Waals surface area contributed by atoms with Gasteiger partial charge in [-0.15, -0.1) is 0 Å². The Hall–Kier alpha value is -3.15. The van der Waals surface area contributed by atoms with E-state index in [1.807, 2.05) is 30.3 Å². The average molecular weight is 280 g/mol. The van der Waals surface area contributed by atoms with Gasteiger partial charge in [0.25, 0.3) is 0 Å². The summed E-state index contributed by atoms with van der Waals surface area (Å²) in [6.45, 7) is 0. The van der Waals surface area contributed by atoms with Crippen molar-refractivity contribution in [1.82, 2.24) is 9.97 Å². The number of amidine groups is 1. The summed E-state index contributed by atoms with van der Waals surface area (Å²) in [6.07, 6.45) is 3.21. The van der Waals surface area contributed by atoms with Crippen LogP contribution in [0.2, 0.25) is 0 Å². The molecule has 3 rings (SSSR count). The second kappa shape index (κ2) is 5.46. The molecule has 0 saturated heterocycles. The van der Waals surface area contributed by atoms with E-state index in [0.717, 1.165) is 10.9 Å². The number of fused-ring (bicyclic) bond motifs is 1. The van der Waals surface area contributed by atoms with Crippen molar-refractivity contribution in [2.45, 2.75) is 0 Å². The Balaban J connectivity index is 1.84. The quantitative estimate of drug-likeness (QED) is 0.333. The Labute approximate surface area is 120 Å². The molecule has 0 spiro atoms. The number of aromatic nitrogens is 2. The number of ether oxygens (including phenoxy) is 1. The molecule has 0 amide bonds. The van der Waals surface area contributed by atoms with E-state index in [1.54, 1.807) is 18.3 Å². The van der Waals surface area contributed by atoms with Crippen LogP contribution in [-0.2, 0) is 0 Å².